The van der Waals surface area contributed by atoms with Crippen molar-refractivity contribution in [3.8, 4) is 11.5 Å². The van der Waals surface area contributed by atoms with Gasteiger partial charge in [-0.3, -0.25) is 9.59 Å². The Hall–Kier alpha value is -2.05. The Bertz CT molecular complexity index is 736. The fourth-order valence-corrected chi connectivity index (χ4v) is 3.38. The van der Waals surface area contributed by atoms with Gasteiger partial charge in [-0.1, -0.05) is 19.3 Å². The molecule has 0 bridgehead atoms. The van der Waals surface area contributed by atoms with E-state index in [1.54, 1.807) is 18.2 Å². The zero-order valence-corrected chi connectivity index (χ0v) is 14.8. The number of halogens is 1. The number of amides is 1. The van der Waals surface area contributed by atoms with E-state index in [4.69, 9.17) is 10.2 Å². The molecule has 1 aliphatic carbocycles. The van der Waals surface area contributed by atoms with Crippen LogP contribution in [0.15, 0.2) is 39.7 Å². The third-order valence-electron chi connectivity index (χ3n) is 4.73. The Morgan fingerprint density at radius 3 is 2.64 bits per heavy atom. The number of aromatic amines is 1. The first kappa shape index (κ1) is 19.3. The van der Waals surface area contributed by atoms with Gasteiger partial charge < -0.3 is 20.5 Å². The van der Waals surface area contributed by atoms with Crippen molar-refractivity contribution in [1.29, 1.82) is 0 Å². The van der Waals surface area contributed by atoms with Crippen molar-refractivity contribution in [3.05, 3.63) is 46.4 Å². The molecule has 1 fully saturated rings. The lowest BCUT2D eigenvalue weighted by Crippen LogP contribution is -2.47. The minimum Gasteiger partial charge on any atom is -0.463 e. The van der Waals surface area contributed by atoms with Crippen molar-refractivity contribution in [2.45, 2.75) is 38.1 Å². The van der Waals surface area contributed by atoms with Crippen LogP contribution in [0.2, 0.25) is 0 Å². The highest BCUT2D eigenvalue weighted by atomic mass is 35.5. The van der Waals surface area contributed by atoms with Gasteiger partial charge in [0.1, 0.15) is 11.3 Å². The maximum Gasteiger partial charge on any atom is 0.261 e. The van der Waals surface area contributed by atoms with E-state index in [0.29, 0.717) is 23.9 Å². The van der Waals surface area contributed by atoms with Crippen molar-refractivity contribution in [1.82, 2.24) is 10.3 Å². The van der Waals surface area contributed by atoms with Crippen LogP contribution in [-0.2, 0) is 0 Å². The number of rotatable bonds is 5. The third-order valence-corrected chi connectivity index (χ3v) is 4.73. The Morgan fingerprint density at radius 2 is 2.04 bits per heavy atom. The first-order valence-electron chi connectivity index (χ1n) is 8.47. The molecule has 2 aromatic rings. The van der Waals surface area contributed by atoms with Crippen molar-refractivity contribution < 1.29 is 9.21 Å². The van der Waals surface area contributed by atoms with Gasteiger partial charge in [-0.05, 0) is 43.0 Å². The summed E-state index contributed by atoms with van der Waals surface area (Å²) < 4.78 is 5.25. The monoisotopic (exact) mass is 365 g/mol. The SMILES string of the molecule is Cl.NCC(NC(=O)c1ccc(-c2ccco2)[nH]c1=O)C1CCCCC1. The Morgan fingerprint density at radius 1 is 1.28 bits per heavy atom. The molecule has 6 nitrogen and oxygen atoms in total. The zero-order chi connectivity index (χ0) is 16.9. The lowest BCUT2D eigenvalue weighted by Gasteiger charge is -2.30. The van der Waals surface area contributed by atoms with E-state index in [2.05, 4.69) is 10.3 Å². The highest BCUT2D eigenvalue weighted by molar-refractivity contribution is 5.94. The lowest BCUT2D eigenvalue weighted by molar-refractivity contribution is 0.0914. The number of H-pyrrole nitrogens is 1. The number of carbonyl (C=O) groups is 1. The maximum atomic E-state index is 12.5. The molecule has 0 radical (unpaired) electrons. The number of hydrogen-bond acceptors (Lipinski definition) is 4. The van der Waals surface area contributed by atoms with Crippen molar-refractivity contribution in [2.24, 2.45) is 11.7 Å². The second kappa shape index (κ2) is 8.87. The first-order chi connectivity index (χ1) is 11.7. The van der Waals surface area contributed by atoms with Gasteiger partial charge in [-0.2, -0.15) is 0 Å². The number of furan rings is 1. The molecule has 3 rings (SSSR count). The van der Waals surface area contributed by atoms with E-state index < -0.39 is 5.56 Å². The molecule has 0 aromatic carbocycles. The van der Waals surface area contributed by atoms with Crippen LogP contribution in [0.25, 0.3) is 11.5 Å². The summed E-state index contributed by atoms with van der Waals surface area (Å²) in [5.41, 5.74) is 6.06. The molecule has 2 aromatic heterocycles. The van der Waals surface area contributed by atoms with Gasteiger partial charge in [0.2, 0.25) is 0 Å². The molecule has 0 saturated heterocycles. The van der Waals surface area contributed by atoms with Gasteiger partial charge in [0.05, 0.1) is 12.0 Å². The molecule has 1 amide bonds. The molecule has 7 heteroatoms. The second-order valence-corrected chi connectivity index (χ2v) is 6.31. The van der Waals surface area contributed by atoms with E-state index >= 15 is 0 Å². The molecule has 1 saturated carbocycles. The molecule has 0 spiro atoms. The highest BCUT2D eigenvalue weighted by Crippen LogP contribution is 2.26. The number of aromatic nitrogens is 1. The largest absolute Gasteiger partial charge is 0.463 e. The predicted molar refractivity (Wildman–Crippen MR) is 98.9 cm³/mol. The molecule has 1 aliphatic rings. The average molecular weight is 366 g/mol. The molecule has 0 aliphatic heterocycles. The van der Waals surface area contributed by atoms with Crippen LogP contribution in [0.3, 0.4) is 0 Å². The summed E-state index contributed by atoms with van der Waals surface area (Å²) in [4.78, 5) is 27.4. The van der Waals surface area contributed by atoms with Gasteiger partial charge in [0.25, 0.3) is 11.5 Å². The summed E-state index contributed by atoms with van der Waals surface area (Å²) in [5.74, 6) is 0.582. The predicted octanol–water partition coefficient (Wildman–Crippen LogP) is 2.69. The van der Waals surface area contributed by atoms with Gasteiger partial charge in [-0.25, -0.2) is 0 Å². The minimum absolute atomic E-state index is 0. The molecule has 136 valence electrons. The van der Waals surface area contributed by atoms with Gasteiger partial charge in [0, 0.05) is 12.6 Å². The Labute approximate surface area is 152 Å². The molecule has 1 unspecified atom stereocenters. The van der Waals surface area contributed by atoms with E-state index in [0.717, 1.165) is 12.8 Å². The second-order valence-electron chi connectivity index (χ2n) is 6.31. The molecule has 1 atom stereocenters. The number of hydrogen-bond donors (Lipinski definition) is 3. The van der Waals surface area contributed by atoms with Gasteiger partial charge in [0.15, 0.2) is 0 Å². The summed E-state index contributed by atoms with van der Waals surface area (Å²) in [6.45, 7) is 0.388. The lowest BCUT2D eigenvalue weighted by atomic mass is 9.84. The average Bonchev–Trinajstić information content (AvgIpc) is 3.14. The van der Waals surface area contributed by atoms with Crippen LogP contribution in [-0.4, -0.2) is 23.5 Å². The summed E-state index contributed by atoms with van der Waals surface area (Å²) in [6.07, 6.45) is 7.29. The van der Waals surface area contributed by atoms with E-state index in [1.165, 1.54) is 31.6 Å². The highest BCUT2D eigenvalue weighted by Gasteiger charge is 2.25. The van der Waals surface area contributed by atoms with Crippen LogP contribution in [0.1, 0.15) is 42.5 Å². The summed E-state index contributed by atoms with van der Waals surface area (Å²) in [7, 11) is 0. The fourth-order valence-electron chi connectivity index (χ4n) is 3.38. The van der Waals surface area contributed by atoms with Crippen LogP contribution in [0.5, 0.6) is 0 Å². The molecular weight excluding hydrogens is 342 g/mol. The van der Waals surface area contributed by atoms with E-state index in [1.807, 2.05) is 0 Å². The quantitative estimate of drug-likeness (QED) is 0.758. The molecule has 4 N–H and O–H groups in total. The Balaban J connectivity index is 0.00000225. The topological polar surface area (TPSA) is 101 Å². The minimum atomic E-state index is -0.430. The summed E-state index contributed by atoms with van der Waals surface area (Å²) in [6, 6.07) is 6.61. The summed E-state index contributed by atoms with van der Waals surface area (Å²) >= 11 is 0. The Kier molecular flexibility index (Phi) is 6.84. The van der Waals surface area contributed by atoms with Crippen molar-refractivity contribution in [3.63, 3.8) is 0 Å². The number of carbonyl (C=O) groups excluding carboxylic acids is 1. The van der Waals surface area contributed by atoms with Crippen molar-refractivity contribution >= 4 is 18.3 Å². The van der Waals surface area contributed by atoms with E-state index in [9.17, 15) is 9.59 Å². The smallest absolute Gasteiger partial charge is 0.261 e. The van der Waals surface area contributed by atoms with Crippen LogP contribution in [0, 0.1) is 5.92 Å². The number of nitrogens with two attached hydrogens (primary N) is 1. The molecule has 25 heavy (non-hydrogen) atoms. The summed E-state index contributed by atoms with van der Waals surface area (Å²) in [5, 5.41) is 2.94. The van der Waals surface area contributed by atoms with Crippen molar-refractivity contribution in [2.75, 3.05) is 6.54 Å². The first-order valence-corrected chi connectivity index (χ1v) is 8.47. The van der Waals surface area contributed by atoms with Gasteiger partial charge >= 0.3 is 0 Å². The number of nitrogens with one attached hydrogen (secondary N) is 2. The van der Waals surface area contributed by atoms with Crippen LogP contribution >= 0.6 is 12.4 Å². The van der Waals surface area contributed by atoms with Crippen LogP contribution < -0.4 is 16.6 Å². The normalized spacial score (nSPS) is 16.0. The third kappa shape index (κ3) is 4.52. The number of pyridine rings is 1. The molecular formula is C18H24ClN3O3. The maximum absolute atomic E-state index is 12.5. The molecule has 2 heterocycles. The van der Waals surface area contributed by atoms with Crippen LogP contribution in [0.4, 0.5) is 0 Å². The fraction of sp³-hybridized carbons (Fsp3) is 0.444. The standard InChI is InChI=1S/C18H23N3O3.ClH/c19-11-15(12-5-2-1-3-6-12)21-18(23)13-8-9-14(20-17(13)22)16-7-4-10-24-16;/h4,7-10,12,15H,1-3,5-6,11,19H2,(H,20,22)(H,21,23);1H. The van der Waals surface area contributed by atoms with E-state index in [-0.39, 0.29) is 29.9 Å². The van der Waals surface area contributed by atoms with Gasteiger partial charge in [-0.15, -0.1) is 12.4 Å². The zero-order valence-electron chi connectivity index (χ0n) is 14.0.